The highest BCUT2D eigenvalue weighted by atomic mass is 35.5. The van der Waals surface area contributed by atoms with Crippen LogP contribution in [0.3, 0.4) is 0 Å². The monoisotopic (exact) mass is 493 g/mol. The largest absolute Gasteiger partial charge is 0.389 e. The van der Waals surface area contributed by atoms with Crippen LogP contribution in [0.1, 0.15) is 20.8 Å². The zero-order valence-electron chi connectivity index (χ0n) is 20.5. The molecular weight excluding hydrogens is 462 g/mol. The molecule has 1 aromatic carbocycles. The maximum Gasteiger partial charge on any atom is 0.130 e. The van der Waals surface area contributed by atoms with Gasteiger partial charge in [0.15, 0.2) is 0 Å². The minimum absolute atomic E-state index is 0.428. The second-order valence-corrected chi connectivity index (χ2v) is 9.69. The minimum atomic E-state index is -0.826. The van der Waals surface area contributed by atoms with Gasteiger partial charge < -0.3 is 20.1 Å². The summed E-state index contributed by atoms with van der Waals surface area (Å²) in [5.74, 6) is 0.698. The number of benzene rings is 1. The molecule has 0 bridgehead atoms. The fraction of sp³-hybridized carbons (Fsp3) is 0.333. The molecule has 1 aliphatic heterocycles. The molecule has 1 aliphatic rings. The zero-order valence-corrected chi connectivity index (χ0v) is 21.2. The van der Waals surface area contributed by atoms with Crippen LogP contribution >= 0.6 is 11.6 Å². The Labute approximate surface area is 211 Å². The van der Waals surface area contributed by atoms with E-state index in [1.807, 2.05) is 49.8 Å². The lowest BCUT2D eigenvalue weighted by atomic mass is 10.0. The fourth-order valence-electron chi connectivity index (χ4n) is 3.96. The first-order chi connectivity index (χ1) is 16.7. The molecule has 7 nitrogen and oxygen atoms in total. The van der Waals surface area contributed by atoms with Crippen molar-refractivity contribution in [3.63, 3.8) is 0 Å². The molecule has 0 amide bonds. The average molecular weight is 494 g/mol. The van der Waals surface area contributed by atoms with Crippen molar-refractivity contribution in [3.05, 3.63) is 78.0 Å². The molecule has 3 aromatic rings. The summed E-state index contributed by atoms with van der Waals surface area (Å²) >= 11 is 6.64. The Balaban J connectivity index is 1.52. The van der Waals surface area contributed by atoms with Crippen LogP contribution in [0, 0.1) is 0 Å². The van der Waals surface area contributed by atoms with Gasteiger partial charge in [0.2, 0.25) is 0 Å². The van der Waals surface area contributed by atoms with Gasteiger partial charge >= 0.3 is 0 Å². The topological polar surface area (TPSA) is 75.4 Å². The van der Waals surface area contributed by atoms with E-state index in [0.29, 0.717) is 30.6 Å². The Morgan fingerprint density at radius 2 is 1.97 bits per heavy atom. The molecule has 1 saturated heterocycles. The van der Waals surface area contributed by atoms with Crippen LogP contribution in [-0.4, -0.2) is 56.7 Å². The number of aromatic nitrogens is 3. The summed E-state index contributed by atoms with van der Waals surface area (Å²) in [5, 5.41) is 20.4. The molecule has 35 heavy (non-hydrogen) atoms. The third-order valence-corrected chi connectivity index (χ3v) is 6.07. The number of hydrogen-bond acceptors (Lipinski definition) is 6. The summed E-state index contributed by atoms with van der Waals surface area (Å²) in [7, 11) is 0. The first-order valence-electron chi connectivity index (χ1n) is 11.7. The van der Waals surface area contributed by atoms with Crippen LogP contribution in [0.25, 0.3) is 21.9 Å². The normalized spacial score (nSPS) is 15.5. The molecule has 3 heterocycles. The predicted octanol–water partition coefficient (Wildman–Crippen LogP) is 5.15. The first kappa shape index (κ1) is 25.0. The number of rotatable bonds is 8. The van der Waals surface area contributed by atoms with E-state index in [4.69, 9.17) is 16.3 Å². The van der Waals surface area contributed by atoms with Crippen LogP contribution in [0.15, 0.2) is 78.0 Å². The molecule has 0 saturated carbocycles. The van der Waals surface area contributed by atoms with Crippen molar-refractivity contribution in [2.45, 2.75) is 32.9 Å². The summed E-state index contributed by atoms with van der Waals surface area (Å²) < 4.78 is 7.17. The van der Waals surface area contributed by atoms with E-state index >= 15 is 0 Å². The van der Waals surface area contributed by atoms with E-state index in [1.165, 1.54) is 0 Å². The first-order valence-corrected chi connectivity index (χ1v) is 12.1. The van der Waals surface area contributed by atoms with Crippen molar-refractivity contribution >= 4 is 28.2 Å². The second kappa shape index (κ2) is 10.6. The van der Waals surface area contributed by atoms with Gasteiger partial charge in [-0.1, -0.05) is 36.4 Å². The van der Waals surface area contributed by atoms with E-state index in [0.717, 1.165) is 46.4 Å². The van der Waals surface area contributed by atoms with Gasteiger partial charge in [-0.05, 0) is 49.9 Å². The van der Waals surface area contributed by atoms with Crippen molar-refractivity contribution in [1.29, 1.82) is 0 Å². The summed E-state index contributed by atoms with van der Waals surface area (Å²) in [4.78, 5) is 6.73. The van der Waals surface area contributed by atoms with Gasteiger partial charge in [-0.2, -0.15) is 5.10 Å². The molecule has 2 N–H and O–H groups in total. The second-order valence-electron chi connectivity index (χ2n) is 9.28. The van der Waals surface area contributed by atoms with E-state index in [9.17, 15) is 5.11 Å². The molecule has 8 heteroatoms. The van der Waals surface area contributed by atoms with Gasteiger partial charge in [-0.25, -0.2) is 4.98 Å². The smallest absolute Gasteiger partial charge is 0.130 e. The number of halogens is 1. The van der Waals surface area contributed by atoms with Crippen molar-refractivity contribution in [3.8, 4) is 11.1 Å². The highest BCUT2D eigenvalue weighted by Crippen LogP contribution is 2.27. The lowest BCUT2D eigenvalue weighted by Crippen LogP contribution is -2.34. The fourth-order valence-corrected chi connectivity index (χ4v) is 4.24. The number of fused-ring (bicyclic) bond motifs is 1. The zero-order chi connectivity index (χ0) is 25.0. The Kier molecular flexibility index (Phi) is 7.60. The lowest BCUT2D eigenvalue weighted by Gasteiger charge is -2.29. The lowest BCUT2D eigenvalue weighted by molar-refractivity contribution is 0.0556. The molecule has 0 radical (unpaired) electrons. The number of ether oxygens (including phenoxy) is 1. The molecule has 1 fully saturated rings. The third-order valence-electron chi connectivity index (χ3n) is 5.76. The standard InChI is InChI=1S/C27H32ClN5O2/c1-5-25(24(28)12-19(2)32-8-10-35-11-9-32)31-26-14-22-13-20(6-7-21(22)15-29-26)23-16-30-33(17-23)18-27(3,4)34/h5-7,12-17,34H,2,8-11,18H2,1,3-4H3,(H,29,31)/b24-12+,25-5+. The van der Waals surface area contributed by atoms with Gasteiger partial charge in [0.1, 0.15) is 5.82 Å². The van der Waals surface area contributed by atoms with Crippen LogP contribution in [0.2, 0.25) is 0 Å². The number of pyridine rings is 1. The Morgan fingerprint density at radius 3 is 2.69 bits per heavy atom. The van der Waals surface area contributed by atoms with Crippen LogP contribution in [0.4, 0.5) is 5.82 Å². The highest BCUT2D eigenvalue weighted by molar-refractivity contribution is 6.32. The van der Waals surface area contributed by atoms with Crippen LogP contribution in [-0.2, 0) is 11.3 Å². The van der Waals surface area contributed by atoms with Gasteiger partial charge in [-0.3, -0.25) is 4.68 Å². The molecule has 0 spiro atoms. The minimum Gasteiger partial charge on any atom is -0.389 e. The average Bonchev–Trinajstić information content (AvgIpc) is 3.29. The predicted molar refractivity (Wildman–Crippen MR) is 142 cm³/mol. The summed E-state index contributed by atoms with van der Waals surface area (Å²) in [6.07, 6.45) is 9.40. The van der Waals surface area contributed by atoms with Gasteiger partial charge in [0, 0.05) is 42.1 Å². The Morgan fingerprint density at radius 1 is 1.20 bits per heavy atom. The molecular formula is C27H32ClN5O2. The van der Waals surface area contributed by atoms with Crippen molar-refractivity contribution < 1.29 is 9.84 Å². The number of allylic oxidation sites excluding steroid dienone is 3. The number of morpholine rings is 1. The number of anilines is 1. The molecule has 184 valence electrons. The van der Waals surface area contributed by atoms with Crippen LogP contribution < -0.4 is 5.32 Å². The van der Waals surface area contributed by atoms with Crippen molar-refractivity contribution in [2.75, 3.05) is 31.6 Å². The van der Waals surface area contributed by atoms with Gasteiger partial charge in [0.25, 0.3) is 0 Å². The SMILES string of the molecule is C=C(/C=C(Cl)\C(=C/C)Nc1cc2cc(-c3cnn(CC(C)(C)O)c3)ccc2cn1)N1CCOCC1. The molecule has 4 rings (SSSR count). The summed E-state index contributed by atoms with van der Waals surface area (Å²) in [5.41, 5.74) is 2.83. The number of hydrogen-bond donors (Lipinski definition) is 2. The van der Waals surface area contributed by atoms with Crippen molar-refractivity contribution in [2.24, 2.45) is 0 Å². The Hall–Kier alpha value is -3.13. The molecule has 2 aromatic heterocycles. The van der Waals surface area contributed by atoms with Crippen LogP contribution in [0.5, 0.6) is 0 Å². The van der Waals surface area contributed by atoms with Gasteiger partial charge in [-0.15, -0.1) is 0 Å². The third kappa shape index (κ3) is 6.51. The number of nitrogens with zero attached hydrogens (tertiary/aromatic N) is 4. The highest BCUT2D eigenvalue weighted by Gasteiger charge is 2.15. The maximum absolute atomic E-state index is 10.1. The molecule has 0 atom stereocenters. The van der Waals surface area contributed by atoms with Gasteiger partial charge in [0.05, 0.1) is 42.3 Å². The molecule has 0 aliphatic carbocycles. The molecule has 0 unspecified atom stereocenters. The number of aliphatic hydroxyl groups is 1. The van der Waals surface area contributed by atoms with E-state index in [-0.39, 0.29) is 0 Å². The quantitative estimate of drug-likeness (QED) is 0.422. The Bertz CT molecular complexity index is 1270. The van der Waals surface area contributed by atoms with E-state index in [2.05, 4.69) is 39.0 Å². The summed E-state index contributed by atoms with van der Waals surface area (Å²) in [6.45, 7) is 13.1. The summed E-state index contributed by atoms with van der Waals surface area (Å²) in [6, 6.07) is 8.21. The van der Waals surface area contributed by atoms with E-state index in [1.54, 1.807) is 18.5 Å². The van der Waals surface area contributed by atoms with E-state index < -0.39 is 5.60 Å². The number of nitrogens with one attached hydrogen (secondary N) is 1. The maximum atomic E-state index is 10.1. The van der Waals surface area contributed by atoms with Crippen molar-refractivity contribution in [1.82, 2.24) is 19.7 Å².